The van der Waals surface area contributed by atoms with E-state index in [-0.39, 0.29) is 12.3 Å². The average Bonchev–Trinajstić information content (AvgIpc) is 2.18. The standard InChI is InChI=1S/C10H14N2O3/c1-10(11,5-6-13)8-3-2-4-9(7-8)12(14)15/h2-4,7,13H,5-6,11H2,1H3. The number of rotatable bonds is 4. The van der Waals surface area contributed by atoms with E-state index < -0.39 is 10.5 Å². The lowest BCUT2D eigenvalue weighted by molar-refractivity contribution is -0.385. The van der Waals surface area contributed by atoms with Crippen LogP contribution in [0.3, 0.4) is 0 Å². The lowest BCUT2D eigenvalue weighted by atomic mass is 9.90. The monoisotopic (exact) mass is 210 g/mol. The first-order chi connectivity index (χ1) is 6.97. The second-order valence-electron chi connectivity index (χ2n) is 3.70. The molecular weight excluding hydrogens is 196 g/mol. The number of aliphatic hydroxyl groups is 1. The number of nitrogens with zero attached hydrogens (tertiary/aromatic N) is 1. The van der Waals surface area contributed by atoms with Crippen LogP contribution in [-0.2, 0) is 5.54 Å². The van der Waals surface area contributed by atoms with Gasteiger partial charge in [-0.3, -0.25) is 10.1 Å². The maximum Gasteiger partial charge on any atom is 0.269 e. The second kappa shape index (κ2) is 4.37. The summed E-state index contributed by atoms with van der Waals surface area (Å²) in [6, 6.07) is 6.17. The lowest BCUT2D eigenvalue weighted by Gasteiger charge is -2.23. The van der Waals surface area contributed by atoms with Crippen LogP contribution in [0.15, 0.2) is 24.3 Å². The van der Waals surface area contributed by atoms with E-state index in [1.165, 1.54) is 12.1 Å². The molecule has 82 valence electrons. The molecule has 0 bridgehead atoms. The van der Waals surface area contributed by atoms with E-state index in [1.807, 2.05) is 0 Å². The van der Waals surface area contributed by atoms with E-state index >= 15 is 0 Å². The molecule has 1 rings (SSSR count). The zero-order valence-corrected chi connectivity index (χ0v) is 8.51. The van der Waals surface area contributed by atoms with E-state index in [0.717, 1.165) is 0 Å². The molecule has 3 N–H and O–H groups in total. The van der Waals surface area contributed by atoms with Crippen LogP contribution in [0.4, 0.5) is 5.69 Å². The van der Waals surface area contributed by atoms with Crippen LogP contribution in [0, 0.1) is 10.1 Å². The Labute approximate surface area is 87.7 Å². The molecule has 1 aromatic rings. The predicted molar refractivity (Wildman–Crippen MR) is 56.3 cm³/mol. The molecule has 1 atom stereocenters. The van der Waals surface area contributed by atoms with Crippen molar-refractivity contribution in [2.24, 2.45) is 5.73 Å². The van der Waals surface area contributed by atoms with E-state index in [4.69, 9.17) is 10.8 Å². The number of nitro benzene ring substituents is 1. The van der Waals surface area contributed by atoms with Gasteiger partial charge in [-0.1, -0.05) is 12.1 Å². The molecule has 1 aromatic carbocycles. The van der Waals surface area contributed by atoms with Crippen LogP contribution in [-0.4, -0.2) is 16.6 Å². The van der Waals surface area contributed by atoms with Crippen molar-refractivity contribution < 1.29 is 10.0 Å². The molecule has 0 heterocycles. The van der Waals surface area contributed by atoms with Gasteiger partial charge < -0.3 is 10.8 Å². The van der Waals surface area contributed by atoms with Gasteiger partial charge >= 0.3 is 0 Å². The van der Waals surface area contributed by atoms with E-state index in [9.17, 15) is 10.1 Å². The molecule has 0 saturated heterocycles. The quantitative estimate of drug-likeness (QED) is 0.576. The lowest BCUT2D eigenvalue weighted by Crippen LogP contribution is -2.34. The number of hydrogen-bond donors (Lipinski definition) is 2. The normalized spacial score (nSPS) is 14.6. The molecule has 1 unspecified atom stereocenters. The van der Waals surface area contributed by atoms with Crippen molar-refractivity contribution in [3.05, 3.63) is 39.9 Å². The smallest absolute Gasteiger partial charge is 0.269 e. The molecule has 5 nitrogen and oxygen atoms in total. The van der Waals surface area contributed by atoms with E-state index in [2.05, 4.69) is 0 Å². The van der Waals surface area contributed by atoms with Gasteiger partial charge in [-0.15, -0.1) is 0 Å². The zero-order valence-electron chi connectivity index (χ0n) is 8.51. The maximum atomic E-state index is 10.6. The molecule has 0 saturated carbocycles. The van der Waals surface area contributed by atoms with Crippen LogP contribution in [0.2, 0.25) is 0 Å². The van der Waals surface area contributed by atoms with Crippen LogP contribution in [0.1, 0.15) is 18.9 Å². The van der Waals surface area contributed by atoms with Crippen molar-refractivity contribution in [3.63, 3.8) is 0 Å². The summed E-state index contributed by atoms with van der Waals surface area (Å²) < 4.78 is 0. The molecule has 0 fully saturated rings. The largest absolute Gasteiger partial charge is 0.396 e. The van der Waals surface area contributed by atoms with Crippen molar-refractivity contribution in [3.8, 4) is 0 Å². The van der Waals surface area contributed by atoms with Crippen LogP contribution >= 0.6 is 0 Å². The van der Waals surface area contributed by atoms with Crippen molar-refractivity contribution in [2.45, 2.75) is 18.9 Å². The highest BCUT2D eigenvalue weighted by Gasteiger charge is 2.22. The second-order valence-corrected chi connectivity index (χ2v) is 3.70. The highest BCUT2D eigenvalue weighted by molar-refractivity contribution is 5.37. The SMILES string of the molecule is CC(N)(CCO)c1cccc([N+](=O)[O-])c1. The highest BCUT2D eigenvalue weighted by Crippen LogP contribution is 2.24. The fraction of sp³-hybridized carbons (Fsp3) is 0.400. The first kappa shape index (κ1) is 11.6. The Morgan fingerprint density at radius 3 is 2.80 bits per heavy atom. The van der Waals surface area contributed by atoms with E-state index in [1.54, 1.807) is 19.1 Å². The van der Waals surface area contributed by atoms with Crippen LogP contribution < -0.4 is 5.73 Å². The molecule has 0 spiro atoms. The summed E-state index contributed by atoms with van der Waals surface area (Å²) in [4.78, 5) is 10.1. The third-order valence-electron chi connectivity index (χ3n) is 2.35. The van der Waals surface area contributed by atoms with Crippen molar-refractivity contribution in [1.29, 1.82) is 0 Å². The number of nitrogens with two attached hydrogens (primary N) is 1. The Morgan fingerprint density at radius 2 is 2.27 bits per heavy atom. The maximum absolute atomic E-state index is 10.6. The summed E-state index contributed by atoms with van der Waals surface area (Å²) in [6.45, 7) is 1.69. The molecule has 0 amide bonds. The zero-order chi connectivity index (χ0) is 11.5. The Kier molecular flexibility index (Phi) is 3.39. The van der Waals surface area contributed by atoms with Gasteiger partial charge in [-0.05, 0) is 18.9 Å². The Morgan fingerprint density at radius 1 is 1.60 bits per heavy atom. The third-order valence-corrected chi connectivity index (χ3v) is 2.35. The average molecular weight is 210 g/mol. The van der Waals surface area contributed by atoms with Gasteiger partial charge in [0.1, 0.15) is 0 Å². The van der Waals surface area contributed by atoms with Crippen molar-refractivity contribution in [2.75, 3.05) is 6.61 Å². The molecule has 0 aliphatic rings. The third kappa shape index (κ3) is 2.74. The molecular formula is C10H14N2O3. The molecule has 0 aromatic heterocycles. The first-order valence-corrected chi connectivity index (χ1v) is 4.62. The summed E-state index contributed by atoms with van der Waals surface area (Å²) in [7, 11) is 0. The minimum absolute atomic E-state index is 0.0158. The predicted octanol–water partition coefficient (Wildman–Crippen LogP) is 1.15. The van der Waals surface area contributed by atoms with Crippen LogP contribution in [0.25, 0.3) is 0 Å². The number of benzene rings is 1. The van der Waals surface area contributed by atoms with Crippen molar-refractivity contribution >= 4 is 5.69 Å². The van der Waals surface area contributed by atoms with Gasteiger partial charge in [0.15, 0.2) is 0 Å². The molecule has 0 radical (unpaired) electrons. The fourth-order valence-electron chi connectivity index (χ4n) is 1.35. The summed E-state index contributed by atoms with van der Waals surface area (Å²) in [5, 5.41) is 19.4. The summed E-state index contributed by atoms with van der Waals surface area (Å²) in [6.07, 6.45) is 0.369. The Bertz CT molecular complexity index is 363. The highest BCUT2D eigenvalue weighted by atomic mass is 16.6. The van der Waals surface area contributed by atoms with Gasteiger partial charge in [0.05, 0.1) is 4.92 Å². The molecule has 0 aliphatic heterocycles. The summed E-state index contributed by atoms with van der Waals surface area (Å²) >= 11 is 0. The van der Waals surface area contributed by atoms with Gasteiger partial charge in [0, 0.05) is 24.3 Å². The summed E-state index contributed by atoms with van der Waals surface area (Å²) in [5.41, 5.74) is 5.87. The minimum atomic E-state index is -0.735. The van der Waals surface area contributed by atoms with E-state index in [0.29, 0.717) is 12.0 Å². The van der Waals surface area contributed by atoms with Gasteiger partial charge in [-0.2, -0.15) is 0 Å². The topological polar surface area (TPSA) is 89.4 Å². The number of nitro groups is 1. The number of non-ortho nitro benzene ring substituents is 1. The number of hydrogen-bond acceptors (Lipinski definition) is 4. The minimum Gasteiger partial charge on any atom is -0.396 e. The van der Waals surface area contributed by atoms with Crippen LogP contribution in [0.5, 0.6) is 0 Å². The van der Waals surface area contributed by atoms with Gasteiger partial charge in [0.2, 0.25) is 0 Å². The van der Waals surface area contributed by atoms with Gasteiger partial charge in [0.25, 0.3) is 5.69 Å². The molecule has 0 aliphatic carbocycles. The summed E-state index contributed by atoms with van der Waals surface area (Å²) in [5.74, 6) is 0. The number of aliphatic hydroxyl groups excluding tert-OH is 1. The van der Waals surface area contributed by atoms with Gasteiger partial charge in [-0.25, -0.2) is 0 Å². The Hall–Kier alpha value is -1.46. The molecule has 15 heavy (non-hydrogen) atoms. The van der Waals surface area contributed by atoms with Crippen molar-refractivity contribution in [1.82, 2.24) is 0 Å². The molecule has 5 heteroatoms. The first-order valence-electron chi connectivity index (χ1n) is 4.62. The fourth-order valence-corrected chi connectivity index (χ4v) is 1.35. The Balaban J connectivity index is 3.04.